The van der Waals surface area contributed by atoms with Crippen LogP contribution in [0.25, 0.3) is 10.8 Å². The number of nitrogen functional groups attached to an aromatic ring is 1. The number of anilines is 2. The molecule has 0 atom stereocenters. The lowest BCUT2D eigenvalue weighted by atomic mass is 10.0. The molecule has 3 rings (SSSR count). The summed E-state index contributed by atoms with van der Waals surface area (Å²) in [5.74, 6) is -0.687. The van der Waals surface area contributed by atoms with E-state index in [1.807, 2.05) is 0 Å². The summed E-state index contributed by atoms with van der Waals surface area (Å²) in [5, 5.41) is 4.52. The number of nitrogens with two attached hydrogens (primary N) is 2. The van der Waals surface area contributed by atoms with E-state index in [1.165, 1.54) is 0 Å². The van der Waals surface area contributed by atoms with E-state index in [2.05, 4.69) is 5.32 Å². The SMILES string of the molecule is NC(=O)c1ccc2cc(C(=O)Nc3ccc(N)cc3)ccc2c1. The highest BCUT2D eigenvalue weighted by Gasteiger charge is 2.08. The number of hydrogen-bond donors (Lipinski definition) is 3. The van der Waals surface area contributed by atoms with Crippen LogP contribution in [0.5, 0.6) is 0 Å². The average Bonchev–Trinajstić information content (AvgIpc) is 2.55. The monoisotopic (exact) mass is 305 g/mol. The van der Waals surface area contributed by atoms with E-state index < -0.39 is 5.91 Å². The molecule has 0 aliphatic carbocycles. The maximum Gasteiger partial charge on any atom is 0.255 e. The molecule has 5 N–H and O–H groups in total. The Morgan fingerprint density at radius 1 is 0.783 bits per heavy atom. The molecule has 0 fully saturated rings. The van der Waals surface area contributed by atoms with Gasteiger partial charge in [0.2, 0.25) is 5.91 Å². The first kappa shape index (κ1) is 14.6. The molecule has 5 nitrogen and oxygen atoms in total. The zero-order chi connectivity index (χ0) is 16.4. The van der Waals surface area contributed by atoms with Crippen LogP contribution in [0.4, 0.5) is 11.4 Å². The Morgan fingerprint density at radius 2 is 1.35 bits per heavy atom. The summed E-state index contributed by atoms with van der Waals surface area (Å²) in [6, 6.07) is 17.3. The van der Waals surface area contributed by atoms with Crippen molar-refractivity contribution in [3.05, 3.63) is 71.8 Å². The van der Waals surface area contributed by atoms with E-state index in [1.54, 1.807) is 60.7 Å². The third kappa shape index (κ3) is 3.13. The molecule has 0 aliphatic rings. The van der Waals surface area contributed by atoms with E-state index in [0.717, 1.165) is 10.8 Å². The van der Waals surface area contributed by atoms with Crippen LogP contribution in [0.2, 0.25) is 0 Å². The first-order chi connectivity index (χ1) is 11.0. The van der Waals surface area contributed by atoms with Gasteiger partial charge in [0.1, 0.15) is 0 Å². The number of primary amides is 1. The molecule has 3 aromatic rings. The van der Waals surface area contributed by atoms with E-state index in [9.17, 15) is 9.59 Å². The molecule has 0 bridgehead atoms. The molecule has 5 heteroatoms. The van der Waals surface area contributed by atoms with Crippen LogP contribution in [0, 0.1) is 0 Å². The van der Waals surface area contributed by atoms with Gasteiger partial charge in [-0.25, -0.2) is 0 Å². The van der Waals surface area contributed by atoms with Crippen molar-refractivity contribution in [2.75, 3.05) is 11.1 Å². The van der Waals surface area contributed by atoms with Gasteiger partial charge >= 0.3 is 0 Å². The summed E-state index contributed by atoms with van der Waals surface area (Å²) in [5.41, 5.74) is 13.2. The van der Waals surface area contributed by atoms with Crippen LogP contribution in [0.15, 0.2) is 60.7 Å². The van der Waals surface area contributed by atoms with Gasteiger partial charge in [0.05, 0.1) is 0 Å². The second-order valence-electron chi connectivity index (χ2n) is 5.22. The van der Waals surface area contributed by atoms with Crippen molar-refractivity contribution in [1.29, 1.82) is 0 Å². The van der Waals surface area contributed by atoms with Crippen molar-refractivity contribution >= 4 is 34.0 Å². The first-order valence-electron chi connectivity index (χ1n) is 7.03. The molecule has 0 spiro atoms. The minimum atomic E-state index is -0.475. The number of fused-ring (bicyclic) bond motifs is 1. The number of rotatable bonds is 3. The van der Waals surface area contributed by atoms with E-state index in [0.29, 0.717) is 22.5 Å². The molecule has 2 amide bonds. The molecular weight excluding hydrogens is 290 g/mol. The van der Waals surface area contributed by atoms with Gasteiger partial charge in [-0.2, -0.15) is 0 Å². The largest absolute Gasteiger partial charge is 0.399 e. The number of benzene rings is 3. The van der Waals surface area contributed by atoms with Gasteiger partial charge in [-0.3, -0.25) is 9.59 Å². The fourth-order valence-corrected chi connectivity index (χ4v) is 2.31. The summed E-state index contributed by atoms with van der Waals surface area (Å²) >= 11 is 0. The molecule has 0 saturated heterocycles. The molecule has 0 heterocycles. The van der Waals surface area contributed by atoms with Crippen LogP contribution in [-0.4, -0.2) is 11.8 Å². The number of nitrogens with one attached hydrogen (secondary N) is 1. The lowest BCUT2D eigenvalue weighted by Crippen LogP contribution is -2.12. The zero-order valence-electron chi connectivity index (χ0n) is 12.2. The second-order valence-corrected chi connectivity index (χ2v) is 5.22. The Balaban J connectivity index is 1.87. The Bertz CT molecular complexity index is 902. The highest BCUT2D eigenvalue weighted by molar-refractivity contribution is 6.07. The van der Waals surface area contributed by atoms with E-state index in [-0.39, 0.29) is 5.91 Å². The van der Waals surface area contributed by atoms with Gasteiger partial charge < -0.3 is 16.8 Å². The number of carbonyl (C=O) groups excluding carboxylic acids is 2. The Hall–Kier alpha value is -3.34. The fourth-order valence-electron chi connectivity index (χ4n) is 2.31. The predicted molar refractivity (Wildman–Crippen MR) is 91.3 cm³/mol. The van der Waals surface area contributed by atoms with Gasteiger partial charge in [0.25, 0.3) is 5.91 Å². The van der Waals surface area contributed by atoms with Crippen molar-refractivity contribution in [3.8, 4) is 0 Å². The Kier molecular flexibility index (Phi) is 3.68. The molecule has 0 aliphatic heterocycles. The third-order valence-electron chi connectivity index (χ3n) is 3.56. The number of amides is 2. The normalized spacial score (nSPS) is 10.4. The van der Waals surface area contributed by atoms with Crippen LogP contribution in [0.1, 0.15) is 20.7 Å². The third-order valence-corrected chi connectivity index (χ3v) is 3.56. The van der Waals surface area contributed by atoms with Crippen molar-refractivity contribution in [3.63, 3.8) is 0 Å². The fraction of sp³-hybridized carbons (Fsp3) is 0. The van der Waals surface area contributed by atoms with Crippen LogP contribution in [0.3, 0.4) is 0 Å². The first-order valence-corrected chi connectivity index (χ1v) is 7.03. The summed E-state index contributed by atoms with van der Waals surface area (Å²) < 4.78 is 0. The second kappa shape index (κ2) is 5.81. The average molecular weight is 305 g/mol. The maximum atomic E-state index is 12.3. The molecule has 0 saturated carbocycles. The van der Waals surface area contributed by atoms with Crippen LogP contribution >= 0.6 is 0 Å². The van der Waals surface area contributed by atoms with Gasteiger partial charge in [-0.1, -0.05) is 12.1 Å². The van der Waals surface area contributed by atoms with Crippen LogP contribution < -0.4 is 16.8 Å². The summed E-state index contributed by atoms with van der Waals surface area (Å²) in [6.45, 7) is 0. The van der Waals surface area contributed by atoms with Gasteiger partial charge in [-0.05, 0) is 59.3 Å². The minimum absolute atomic E-state index is 0.212. The van der Waals surface area contributed by atoms with Gasteiger partial charge in [0, 0.05) is 22.5 Å². The van der Waals surface area contributed by atoms with Crippen molar-refractivity contribution in [2.24, 2.45) is 5.73 Å². The molecule has 0 aromatic heterocycles. The predicted octanol–water partition coefficient (Wildman–Crippen LogP) is 2.77. The van der Waals surface area contributed by atoms with Crippen molar-refractivity contribution < 1.29 is 9.59 Å². The maximum absolute atomic E-state index is 12.3. The smallest absolute Gasteiger partial charge is 0.255 e. The van der Waals surface area contributed by atoms with Crippen molar-refractivity contribution in [2.45, 2.75) is 0 Å². The summed E-state index contributed by atoms with van der Waals surface area (Å²) in [7, 11) is 0. The van der Waals surface area contributed by atoms with E-state index in [4.69, 9.17) is 11.5 Å². The quantitative estimate of drug-likeness (QED) is 0.649. The molecule has 3 aromatic carbocycles. The lowest BCUT2D eigenvalue weighted by Gasteiger charge is -2.07. The molecule has 0 radical (unpaired) electrons. The van der Waals surface area contributed by atoms with E-state index >= 15 is 0 Å². The highest BCUT2D eigenvalue weighted by atomic mass is 16.2. The minimum Gasteiger partial charge on any atom is -0.399 e. The molecule has 114 valence electrons. The Labute approximate surface area is 132 Å². The van der Waals surface area contributed by atoms with Crippen molar-refractivity contribution in [1.82, 2.24) is 0 Å². The van der Waals surface area contributed by atoms with Gasteiger partial charge in [-0.15, -0.1) is 0 Å². The number of carbonyl (C=O) groups is 2. The summed E-state index contributed by atoms with van der Waals surface area (Å²) in [6.07, 6.45) is 0. The Morgan fingerprint density at radius 3 is 1.96 bits per heavy atom. The van der Waals surface area contributed by atoms with Gasteiger partial charge in [0.15, 0.2) is 0 Å². The highest BCUT2D eigenvalue weighted by Crippen LogP contribution is 2.19. The topological polar surface area (TPSA) is 98.2 Å². The standard InChI is InChI=1S/C18H15N3O2/c19-15-5-7-16(8-6-15)21-18(23)14-4-2-11-9-13(17(20)22)3-1-12(11)10-14/h1-10H,19H2,(H2,20,22)(H,21,23). The molecule has 0 unspecified atom stereocenters. The lowest BCUT2D eigenvalue weighted by molar-refractivity contribution is 0.0997. The summed E-state index contributed by atoms with van der Waals surface area (Å²) in [4.78, 5) is 23.5. The molecular formula is C18H15N3O2. The zero-order valence-corrected chi connectivity index (χ0v) is 12.2. The molecule has 23 heavy (non-hydrogen) atoms. The number of hydrogen-bond acceptors (Lipinski definition) is 3. The van der Waals surface area contributed by atoms with Crippen LogP contribution in [-0.2, 0) is 0 Å².